The maximum Gasteiger partial charge on any atom is 0.165 e. The molecule has 0 bridgehead atoms. The lowest BCUT2D eigenvalue weighted by Crippen LogP contribution is -2.27. The van der Waals surface area contributed by atoms with Crippen LogP contribution >= 0.6 is 0 Å². The summed E-state index contributed by atoms with van der Waals surface area (Å²) in [4.78, 5) is 0. The quantitative estimate of drug-likeness (QED) is 0.572. The number of benzene rings is 1. The average molecular weight is 198 g/mol. The van der Waals surface area contributed by atoms with Gasteiger partial charge in [0.2, 0.25) is 0 Å². The first-order valence-corrected chi connectivity index (χ1v) is 4.52. The van der Waals surface area contributed by atoms with E-state index < -0.39 is 0 Å². The van der Waals surface area contributed by atoms with Crippen LogP contribution in [-0.4, -0.2) is 7.11 Å². The molecule has 0 aromatic heterocycles. The fraction of sp³-hybridized carbons (Fsp3) is 0.400. The Hall–Kier alpha value is -1.13. The molecule has 0 aliphatic carbocycles. The van der Waals surface area contributed by atoms with E-state index in [-0.39, 0.29) is 17.6 Å². The zero-order valence-corrected chi connectivity index (χ0v) is 8.38. The van der Waals surface area contributed by atoms with Gasteiger partial charge in [0.1, 0.15) is 0 Å². The van der Waals surface area contributed by atoms with E-state index in [0.29, 0.717) is 0 Å². The summed E-state index contributed by atoms with van der Waals surface area (Å²) in [7, 11) is 1.44. The van der Waals surface area contributed by atoms with Gasteiger partial charge in [-0.25, -0.2) is 4.39 Å². The van der Waals surface area contributed by atoms with Gasteiger partial charge in [0, 0.05) is 6.04 Å². The number of hydrogen-bond donors (Lipinski definition) is 2. The van der Waals surface area contributed by atoms with Crippen LogP contribution in [-0.2, 0) is 0 Å². The minimum atomic E-state index is -0.358. The van der Waals surface area contributed by atoms with Crippen LogP contribution in [0.2, 0.25) is 0 Å². The third-order valence-corrected chi connectivity index (χ3v) is 2.19. The molecule has 14 heavy (non-hydrogen) atoms. The third-order valence-electron chi connectivity index (χ3n) is 2.19. The van der Waals surface area contributed by atoms with E-state index in [2.05, 4.69) is 5.43 Å². The van der Waals surface area contributed by atoms with Gasteiger partial charge < -0.3 is 4.74 Å². The van der Waals surface area contributed by atoms with Gasteiger partial charge in [-0.05, 0) is 24.1 Å². The first-order valence-electron chi connectivity index (χ1n) is 4.52. The zero-order valence-electron chi connectivity index (χ0n) is 8.38. The Morgan fingerprint density at radius 1 is 1.57 bits per heavy atom. The number of nitrogens with one attached hydrogen (secondary N) is 1. The third kappa shape index (κ3) is 2.21. The second-order valence-electron chi connectivity index (χ2n) is 3.02. The molecule has 0 heterocycles. The summed E-state index contributed by atoms with van der Waals surface area (Å²) in [6, 6.07) is 4.77. The second kappa shape index (κ2) is 4.93. The molecular formula is C10H15FN2O. The molecule has 0 radical (unpaired) electrons. The molecule has 0 saturated heterocycles. The maximum atomic E-state index is 13.1. The summed E-state index contributed by atoms with van der Waals surface area (Å²) in [6.45, 7) is 2.00. The van der Waals surface area contributed by atoms with Crippen molar-refractivity contribution >= 4 is 0 Å². The largest absolute Gasteiger partial charge is 0.494 e. The Morgan fingerprint density at radius 3 is 2.79 bits per heavy atom. The number of ether oxygens (including phenoxy) is 1. The van der Waals surface area contributed by atoms with Crippen LogP contribution in [0.5, 0.6) is 5.75 Å². The van der Waals surface area contributed by atoms with Crippen molar-refractivity contribution in [2.24, 2.45) is 5.84 Å². The van der Waals surface area contributed by atoms with E-state index in [1.54, 1.807) is 12.1 Å². The van der Waals surface area contributed by atoms with Crippen LogP contribution in [0.3, 0.4) is 0 Å². The summed E-state index contributed by atoms with van der Waals surface area (Å²) >= 11 is 0. The van der Waals surface area contributed by atoms with Gasteiger partial charge in [-0.2, -0.15) is 0 Å². The van der Waals surface area contributed by atoms with Gasteiger partial charge in [-0.1, -0.05) is 13.0 Å². The van der Waals surface area contributed by atoms with Crippen molar-refractivity contribution < 1.29 is 9.13 Å². The number of methoxy groups -OCH3 is 1. The molecule has 0 saturated carbocycles. The maximum absolute atomic E-state index is 13.1. The summed E-state index contributed by atoms with van der Waals surface area (Å²) in [6.07, 6.45) is 0.839. The van der Waals surface area contributed by atoms with Gasteiger partial charge >= 0.3 is 0 Å². The molecule has 0 fully saturated rings. The lowest BCUT2D eigenvalue weighted by Gasteiger charge is -2.14. The van der Waals surface area contributed by atoms with Crippen molar-refractivity contribution in [1.29, 1.82) is 0 Å². The van der Waals surface area contributed by atoms with Crippen LogP contribution in [0.1, 0.15) is 24.9 Å². The summed E-state index contributed by atoms with van der Waals surface area (Å²) < 4.78 is 17.9. The first kappa shape index (κ1) is 10.9. The van der Waals surface area contributed by atoms with Crippen LogP contribution in [0.25, 0.3) is 0 Å². The SMILES string of the molecule is CCC(NN)c1ccc(F)c(OC)c1. The fourth-order valence-corrected chi connectivity index (χ4v) is 1.34. The monoisotopic (exact) mass is 198 g/mol. The minimum absolute atomic E-state index is 0.0319. The molecule has 0 spiro atoms. The molecule has 0 aliphatic heterocycles. The van der Waals surface area contributed by atoms with E-state index >= 15 is 0 Å². The van der Waals surface area contributed by atoms with Gasteiger partial charge in [0.25, 0.3) is 0 Å². The molecule has 1 unspecified atom stereocenters. The molecular weight excluding hydrogens is 183 g/mol. The van der Waals surface area contributed by atoms with Crippen LogP contribution in [0.15, 0.2) is 18.2 Å². The normalized spacial score (nSPS) is 12.6. The van der Waals surface area contributed by atoms with E-state index in [1.165, 1.54) is 13.2 Å². The molecule has 0 amide bonds. The van der Waals surface area contributed by atoms with Crippen LogP contribution in [0, 0.1) is 5.82 Å². The highest BCUT2D eigenvalue weighted by atomic mass is 19.1. The smallest absolute Gasteiger partial charge is 0.165 e. The van der Waals surface area contributed by atoms with Crippen molar-refractivity contribution in [2.45, 2.75) is 19.4 Å². The highest BCUT2D eigenvalue weighted by molar-refractivity contribution is 5.32. The molecule has 1 rings (SSSR count). The first-order chi connectivity index (χ1) is 6.72. The highest BCUT2D eigenvalue weighted by Crippen LogP contribution is 2.23. The predicted octanol–water partition coefficient (Wildman–Crippen LogP) is 1.75. The van der Waals surface area contributed by atoms with Crippen molar-refractivity contribution in [2.75, 3.05) is 7.11 Å². The second-order valence-corrected chi connectivity index (χ2v) is 3.02. The Kier molecular flexibility index (Phi) is 3.85. The number of rotatable bonds is 4. The van der Waals surface area contributed by atoms with E-state index in [4.69, 9.17) is 10.6 Å². The Bertz CT molecular complexity index is 300. The molecule has 78 valence electrons. The van der Waals surface area contributed by atoms with Crippen molar-refractivity contribution in [3.05, 3.63) is 29.6 Å². The molecule has 3 nitrogen and oxygen atoms in total. The molecule has 1 aromatic carbocycles. The lowest BCUT2D eigenvalue weighted by atomic mass is 10.0. The summed E-state index contributed by atoms with van der Waals surface area (Å²) in [5.74, 6) is 5.25. The Morgan fingerprint density at radius 2 is 2.29 bits per heavy atom. The molecule has 0 aliphatic rings. The van der Waals surface area contributed by atoms with Gasteiger partial charge in [-0.3, -0.25) is 11.3 Å². The van der Waals surface area contributed by atoms with Crippen LogP contribution in [0.4, 0.5) is 4.39 Å². The highest BCUT2D eigenvalue weighted by Gasteiger charge is 2.10. The van der Waals surface area contributed by atoms with Crippen molar-refractivity contribution in [1.82, 2.24) is 5.43 Å². The molecule has 1 aromatic rings. The summed E-state index contributed by atoms with van der Waals surface area (Å²) in [5, 5.41) is 0. The number of hydrazine groups is 1. The van der Waals surface area contributed by atoms with Crippen molar-refractivity contribution in [3.63, 3.8) is 0 Å². The Labute approximate surface area is 83.0 Å². The topological polar surface area (TPSA) is 47.3 Å². The van der Waals surface area contributed by atoms with E-state index in [0.717, 1.165) is 12.0 Å². The molecule has 4 heteroatoms. The lowest BCUT2D eigenvalue weighted by molar-refractivity contribution is 0.384. The van der Waals surface area contributed by atoms with Gasteiger partial charge in [0.15, 0.2) is 11.6 Å². The fourth-order valence-electron chi connectivity index (χ4n) is 1.34. The number of nitrogens with two attached hydrogens (primary N) is 1. The Balaban J connectivity index is 2.98. The zero-order chi connectivity index (χ0) is 10.6. The standard InChI is InChI=1S/C10H15FN2O/c1-3-9(13-12)7-4-5-8(11)10(6-7)14-2/h4-6,9,13H,3,12H2,1-2H3. The predicted molar refractivity (Wildman–Crippen MR) is 53.3 cm³/mol. The minimum Gasteiger partial charge on any atom is -0.494 e. The molecule has 3 N–H and O–H groups in total. The number of hydrogen-bond acceptors (Lipinski definition) is 3. The molecule has 1 atom stereocenters. The number of halogens is 1. The van der Waals surface area contributed by atoms with Crippen molar-refractivity contribution in [3.8, 4) is 5.75 Å². The van der Waals surface area contributed by atoms with E-state index in [9.17, 15) is 4.39 Å². The van der Waals surface area contributed by atoms with Gasteiger partial charge in [-0.15, -0.1) is 0 Å². The average Bonchev–Trinajstić information content (AvgIpc) is 2.22. The summed E-state index contributed by atoms with van der Waals surface area (Å²) in [5.41, 5.74) is 3.59. The van der Waals surface area contributed by atoms with Gasteiger partial charge in [0.05, 0.1) is 7.11 Å². The van der Waals surface area contributed by atoms with E-state index in [1.807, 2.05) is 6.92 Å². The van der Waals surface area contributed by atoms with Crippen LogP contribution < -0.4 is 16.0 Å².